The summed E-state index contributed by atoms with van der Waals surface area (Å²) in [6.07, 6.45) is 0. The van der Waals surface area contributed by atoms with E-state index in [4.69, 9.17) is 0 Å². The van der Waals surface area contributed by atoms with Gasteiger partial charge in [0.1, 0.15) is 0 Å². The highest BCUT2D eigenvalue weighted by Gasteiger charge is 2.36. The first-order valence-corrected chi connectivity index (χ1v) is 18.0. The van der Waals surface area contributed by atoms with E-state index in [0.717, 1.165) is 0 Å². The van der Waals surface area contributed by atoms with Gasteiger partial charge in [-0.1, -0.05) is 153 Å². The Morgan fingerprint density at radius 1 is 0.255 bits per heavy atom. The molecule has 0 bridgehead atoms. The summed E-state index contributed by atoms with van der Waals surface area (Å²) in [4.78, 5) is 0. The van der Waals surface area contributed by atoms with E-state index >= 15 is 0 Å². The summed E-state index contributed by atoms with van der Waals surface area (Å²) < 4.78 is 0. The van der Waals surface area contributed by atoms with E-state index in [1.165, 1.54) is 109 Å². The summed E-state index contributed by atoms with van der Waals surface area (Å²) in [5.41, 5.74) is 10.4. The van der Waals surface area contributed by atoms with Crippen LogP contribution < -0.4 is 0 Å². The zero-order chi connectivity index (χ0) is 33.8. The monoisotopic (exact) mass is 646 g/mol. The topological polar surface area (TPSA) is 0 Å². The van der Waals surface area contributed by atoms with Crippen molar-refractivity contribution in [2.75, 3.05) is 0 Å². The number of hydrogen-bond donors (Lipinski definition) is 0. The largest absolute Gasteiger partial charge is 0.0616 e. The second kappa shape index (κ2) is 10.4. The van der Waals surface area contributed by atoms with Gasteiger partial charge < -0.3 is 0 Å². The number of hydrogen-bond acceptors (Lipinski definition) is 0. The Bertz CT molecular complexity index is 3070. The third-order valence-electron chi connectivity index (χ3n) is 11.8. The quantitative estimate of drug-likeness (QED) is 0.164. The molecule has 0 fully saturated rings. The molecule has 11 rings (SSSR count). The molecule has 0 N–H and O–H groups in total. The summed E-state index contributed by atoms with van der Waals surface area (Å²) in [6, 6.07) is 63.6. The first kappa shape index (κ1) is 28.6. The van der Waals surface area contributed by atoms with Gasteiger partial charge in [0.15, 0.2) is 0 Å². The molecule has 0 aliphatic heterocycles. The van der Waals surface area contributed by atoms with Crippen molar-refractivity contribution in [2.24, 2.45) is 0 Å². The standard InChI is InChI=1S/C51H34/c1-51(2)49-25-23-34(28-47(49)48-29-45-41-20-9-6-16-37(41)38-17-7-10-21-42(38)46(45)30-50(48)51)32-13-11-12-31(26-32)33-22-24-43-39-18-4-3-14-35(39)36-15-5-8-19-40(36)44(43)27-33/h3-30H,1-2H3. The molecule has 0 radical (unpaired) electrons. The van der Waals surface area contributed by atoms with Crippen LogP contribution in [0, 0.1) is 0 Å². The molecule has 51 heavy (non-hydrogen) atoms. The Labute approximate surface area is 297 Å². The molecular weight excluding hydrogens is 613 g/mol. The van der Waals surface area contributed by atoms with Gasteiger partial charge >= 0.3 is 0 Å². The van der Waals surface area contributed by atoms with E-state index in [1.807, 2.05) is 0 Å². The second-order valence-electron chi connectivity index (χ2n) is 14.9. The zero-order valence-corrected chi connectivity index (χ0v) is 28.7. The molecule has 0 aromatic heterocycles. The van der Waals surface area contributed by atoms with Crippen LogP contribution in [0.15, 0.2) is 170 Å². The Hall–Kier alpha value is -6.24. The van der Waals surface area contributed by atoms with E-state index in [0.29, 0.717) is 0 Å². The smallest absolute Gasteiger partial charge is 0.0159 e. The van der Waals surface area contributed by atoms with Crippen LogP contribution in [0.1, 0.15) is 25.0 Å². The SMILES string of the molecule is CC1(C)c2ccc(-c3cccc(-c4ccc5c6ccccc6c6ccccc6c5c4)c3)cc2-c2cc3c4ccccc4c4ccccc4c3cc21. The van der Waals surface area contributed by atoms with E-state index in [9.17, 15) is 0 Å². The third kappa shape index (κ3) is 4.02. The highest BCUT2D eigenvalue weighted by atomic mass is 14.4. The van der Waals surface area contributed by atoms with Gasteiger partial charge in [-0.15, -0.1) is 0 Å². The second-order valence-corrected chi connectivity index (χ2v) is 14.9. The van der Waals surface area contributed by atoms with Crippen molar-refractivity contribution in [3.05, 3.63) is 181 Å². The molecule has 10 aromatic rings. The van der Waals surface area contributed by atoms with Crippen molar-refractivity contribution < 1.29 is 0 Å². The average Bonchev–Trinajstić information content (AvgIpc) is 3.42. The fourth-order valence-electron chi connectivity index (χ4n) is 9.29. The van der Waals surface area contributed by atoms with Crippen LogP contribution in [-0.2, 0) is 5.41 Å². The highest BCUT2D eigenvalue weighted by molar-refractivity contribution is 6.27. The maximum Gasteiger partial charge on any atom is 0.0159 e. The number of rotatable bonds is 2. The molecule has 10 aromatic carbocycles. The van der Waals surface area contributed by atoms with Crippen molar-refractivity contribution in [2.45, 2.75) is 19.3 Å². The van der Waals surface area contributed by atoms with Crippen molar-refractivity contribution in [3.8, 4) is 33.4 Å². The maximum atomic E-state index is 2.49. The molecule has 1 aliphatic carbocycles. The lowest BCUT2D eigenvalue weighted by molar-refractivity contribution is 0.661. The minimum Gasteiger partial charge on any atom is -0.0616 e. The summed E-state index contributed by atoms with van der Waals surface area (Å²) in [5, 5.41) is 15.8. The molecule has 0 saturated heterocycles. The molecule has 238 valence electrons. The van der Waals surface area contributed by atoms with E-state index in [-0.39, 0.29) is 5.41 Å². The lowest BCUT2D eigenvalue weighted by atomic mass is 9.81. The lowest BCUT2D eigenvalue weighted by Crippen LogP contribution is -2.14. The molecule has 0 amide bonds. The van der Waals surface area contributed by atoms with Crippen LogP contribution in [0.4, 0.5) is 0 Å². The van der Waals surface area contributed by atoms with Gasteiger partial charge in [-0.05, 0) is 139 Å². The summed E-state index contributed by atoms with van der Waals surface area (Å²) in [5.74, 6) is 0. The summed E-state index contributed by atoms with van der Waals surface area (Å²) in [6.45, 7) is 4.78. The van der Waals surface area contributed by atoms with Crippen LogP contribution >= 0.6 is 0 Å². The fraction of sp³-hybridized carbons (Fsp3) is 0.0588. The molecule has 0 heteroatoms. The molecule has 0 nitrogen and oxygen atoms in total. The minimum atomic E-state index is -0.0932. The molecule has 0 unspecified atom stereocenters. The molecule has 1 aliphatic rings. The van der Waals surface area contributed by atoms with Crippen LogP contribution in [0.3, 0.4) is 0 Å². The number of benzene rings is 10. The first-order chi connectivity index (χ1) is 25.0. The molecule has 0 atom stereocenters. The Kier molecular flexibility index (Phi) is 5.82. The molecular formula is C51H34. The van der Waals surface area contributed by atoms with Crippen LogP contribution in [0.25, 0.3) is 98.0 Å². The highest BCUT2D eigenvalue weighted by Crippen LogP contribution is 2.52. The maximum absolute atomic E-state index is 2.49. The molecule has 0 saturated carbocycles. The number of fused-ring (bicyclic) bond motifs is 15. The molecule has 0 heterocycles. The Morgan fingerprint density at radius 2 is 0.627 bits per heavy atom. The van der Waals surface area contributed by atoms with Crippen LogP contribution in [-0.4, -0.2) is 0 Å². The van der Waals surface area contributed by atoms with Gasteiger partial charge in [-0.3, -0.25) is 0 Å². The van der Waals surface area contributed by atoms with Crippen LogP contribution in [0.5, 0.6) is 0 Å². The van der Waals surface area contributed by atoms with E-state index in [2.05, 4.69) is 184 Å². The van der Waals surface area contributed by atoms with Crippen molar-refractivity contribution in [1.29, 1.82) is 0 Å². The Balaban J connectivity index is 1.07. The van der Waals surface area contributed by atoms with Gasteiger partial charge in [0, 0.05) is 5.41 Å². The van der Waals surface area contributed by atoms with Crippen molar-refractivity contribution >= 4 is 64.6 Å². The van der Waals surface area contributed by atoms with E-state index in [1.54, 1.807) is 0 Å². The predicted molar refractivity (Wildman–Crippen MR) is 220 cm³/mol. The van der Waals surface area contributed by atoms with Crippen LogP contribution in [0.2, 0.25) is 0 Å². The fourth-order valence-corrected chi connectivity index (χ4v) is 9.29. The molecule has 0 spiro atoms. The Morgan fingerprint density at radius 3 is 1.16 bits per heavy atom. The minimum absolute atomic E-state index is 0.0932. The lowest BCUT2D eigenvalue weighted by Gasteiger charge is -2.22. The third-order valence-corrected chi connectivity index (χ3v) is 11.8. The van der Waals surface area contributed by atoms with Gasteiger partial charge in [0.05, 0.1) is 0 Å². The average molecular weight is 647 g/mol. The van der Waals surface area contributed by atoms with Gasteiger partial charge in [0.25, 0.3) is 0 Å². The van der Waals surface area contributed by atoms with Gasteiger partial charge in [-0.25, -0.2) is 0 Å². The summed E-state index contributed by atoms with van der Waals surface area (Å²) >= 11 is 0. The van der Waals surface area contributed by atoms with Gasteiger partial charge in [-0.2, -0.15) is 0 Å². The predicted octanol–water partition coefficient (Wildman–Crippen LogP) is 14.2. The zero-order valence-electron chi connectivity index (χ0n) is 28.7. The van der Waals surface area contributed by atoms with Crippen molar-refractivity contribution in [3.63, 3.8) is 0 Å². The van der Waals surface area contributed by atoms with Gasteiger partial charge in [0.2, 0.25) is 0 Å². The normalized spacial score (nSPS) is 13.5. The van der Waals surface area contributed by atoms with E-state index < -0.39 is 0 Å². The van der Waals surface area contributed by atoms with Crippen molar-refractivity contribution in [1.82, 2.24) is 0 Å². The summed E-state index contributed by atoms with van der Waals surface area (Å²) in [7, 11) is 0. The first-order valence-electron chi connectivity index (χ1n) is 18.0.